The zero-order valence-electron chi connectivity index (χ0n) is 12.6. The van der Waals surface area contributed by atoms with Crippen LogP contribution in [-0.4, -0.2) is 22.8 Å². The van der Waals surface area contributed by atoms with Crippen LogP contribution < -0.4 is 0 Å². The van der Waals surface area contributed by atoms with Crippen molar-refractivity contribution in [1.29, 1.82) is 0 Å². The molecule has 2 amide bonds. The van der Waals surface area contributed by atoms with Crippen molar-refractivity contribution in [1.82, 2.24) is 4.90 Å². The molecule has 0 aliphatic carbocycles. The van der Waals surface area contributed by atoms with Gasteiger partial charge in [0, 0.05) is 6.04 Å². The highest BCUT2D eigenvalue weighted by molar-refractivity contribution is 6.21. The number of carbonyl (C=O) groups excluding carboxylic acids is 2. The van der Waals surface area contributed by atoms with Gasteiger partial charge in [-0.1, -0.05) is 44.7 Å². The summed E-state index contributed by atoms with van der Waals surface area (Å²) in [6.45, 7) is 6.15. The van der Waals surface area contributed by atoms with E-state index in [9.17, 15) is 9.59 Å². The van der Waals surface area contributed by atoms with Gasteiger partial charge in [0.15, 0.2) is 0 Å². The fourth-order valence-corrected chi connectivity index (χ4v) is 2.85. The van der Waals surface area contributed by atoms with E-state index in [1.165, 1.54) is 4.90 Å². The van der Waals surface area contributed by atoms with Crippen LogP contribution in [0.3, 0.4) is 0 Å². The Balaban J connectivity index is 2.22. The molecule has 0 fully saturated rings. The number of benzene rings is 1. The van der Waals surface area contributed by atoms with Gasteiger partial charge in [-0.2, -0.15) is 0 Å². The maximum Gasteiger partial charge on any atom is 0.261 e. The van der Waals surface area contributed by atoms with Crippen LogP contribution in [0.25, 0.3) is 0 Å². The van der Waals surface area contributed by atoms with Crippen molar-refractivity contribution in [3.8, 4) is 0 Å². The molecular weight excluding hydrogens is 250 g/mol. The summed E-state index contributed by atoms with van der Waals surface area (Å²) in [6, 6.07) is 5.54. The molecule has 108 valence electrons. The number of nitrogens with zero attached hydrogens (tertiary/aromatic N) is 1. The van der Waals surface area contributed by atoms with Crippen molar-refractivity contribution in [3.63, 3.8) is 0 Å². The molecular formula is C17H23NO2. The highest BCUT2D eigenvalue weighted by atomic mass is 16.2. The Hall–Kier alpha value is -1.64. The lowest BCUT2D eigenvalue weighted by Crippen LogP contribution is -2.39. The average Bonchev–Trinajstić information content (AvgIpc) is 2.68. The van der Waals surface area contributed by atoms with E-state index in [0.29, 0.717) is 11.1 Å². The van der Waals surface area contributed by atoms with Gasteiger partial charge < -0.3 is 0 Å². The van der Waals surface area contributed by atoms with Crippen LogP contribution in [0, 0.1) is 6.92 Å². The van der Waals surface area contributed by atoms with E-state index in [0.717, 1.165) is 37.7 Å². The standard InChI is InChI=1S/C17H23NO2/c1-4-6-7-8-13(5-2)18-16(19)14-10-9-12(3)11-15(14)17(18)20/h9-11,13H,4-8H2,1-3H3. The van der Waals surface area contributed by atoms with Crippen LogP contribution in [0.15, 0.2) is 18.2 Å². The van der Waals surface area contributed by atoms with Gasteiger partial charge >= 0.3 is 0 Å². The smallest absolute Gasteiger partial charge is 0.261 e. The Morgan fingerprint density at radius 3 is 2.40 bits per heavy atom. The van der Waals surface area contributed by atoms with Crippen molar-refractivity contribution in [2.45, 2.75) is 58.9 Å². The second-order valence-corrected chi connectivity index (χ2v) is 5.59. The minimum atomic E-state index is -0.117. The molecule has 0 radical (unpaired) electrons. The van der Waals surface area contributed by atoms with Crippen LogP contribution in [0.1, 0.15) is 72.2 Å². The zero-order chi connectivity index (χ0) is 14.7. The van der Waals surface area contributed by atoms with Gasteiger partial charge in [-0.05, 0) is 31.9 Å². The topological polar surface area (TPSA) is 37.4 Å². The number of hydrogen-bond donors (Lipinski definition) is 0. The summed E-state index contributed by atoms with van der Waals surface area (Å²) in [4.78, 5) is 26.4. The molecule has 0 bridgehead atoms. The Kier molecular flexibility index (Phi) is 4.58. The van der Waals surface area contributed by atoms with Gasteiger partial charge in [0.05, 0.1) is 11.1 Å². The van der Waals surface area contributed by atoms with Gasteiger partial charge in [0.25, 0.3) is 11.8 Å². The van der Waals surface area contributed by atoms with E-state index in [1.54, 1.807) is 6.07 Å². The van der Waals surface area contributed by atoms with E-state index in [-0.39, 0.29) is 17.9 Å². The van der Waals surface area contributed by atoms with E-state index < -0.39 is 0 Å². The number of fused-ring (bicyclic) bond motifs is 1. The quantitative estimate of drug-likeness (QED) is 0.581. The molecule has 0 aromatic heterocycles. The molecule has 1 aromatic carbocycles. The summed E-state index contributed by atoms with van der Waals surface area (Å²) in [6.07, 6.45) is 5.11. The minimum Gasteiger partial charge on any atom is -0.271 e. The third-order valence-electron chi connectivity index (χ3n) is 4.05. The van der Waals surface area contributed by atoms with Gasteiger partial charge in [0.1, 0.15) is 0 Å². The zero-order valence-corrected chi connectivity index (χ0v) is 12.6. The largest absolute Gasteiger partial charge is 0.271 e. The first-order chi connectivity index (χ1) is 9.60. The maximum absolute atomic E-state index is 12.5. The molecule has 1 aromatic rings. The molecule has 1 aliphatic heterocycles. The first kappa shape index (κ1) is 14.8. The lowest BCUT2D eigenvalue weighted by molar-refractivity contribution is 0.0569. The Bertz CT molecular complexity index is 522. The van der Waals surface area contributed by atoms with Crippen molar-refractivity contribution >= 4 is 11.8 Å². The molecule has 3 nitrogen and oxygen atoms in total. The molecule has 0 saturated carbocycles. The molecule has 0 saturated heterocycles. The number of rotatable bonds is 6. The summed E-state index contributed by atoms with van der Waals surface area (Å²) < 4.78 is 0. The fraction of sp³-hybridized carbons (Fsp3) is 0.529. The summed E-state index contributed by atoms with van der Waals surface area (Å²) in [5.41, 5.74) is 2.16. The number of imide groups is 1. The molecule has 1 unspecified atom stereocenters. The van der Waals surface area contributed by atoms with Crippen LogP contribution in [-0.2, 0) is 0 Å². The van der Waals surface area contributed by atoms with Gasteiger partial charge in [-0.25, -0.2) is 0 Å². The van der Waals surface area contributed by atoms with Crippen LogP contribution in [0.5, 0.6) is 0 Å². The maximum atomic E-state index is 12.5. The Morgan fingerprint density at radius 1 is 1.05 bits per heavy atom. The summed E-state index contributed by atoms with van der Waals surface area (Å²) in [7, 11) is 0. The number of carbonyl (C=O) groups is 2. The first-order valence-electron chi connectivity index (χ1n) is 7.58. The molecule has 3 heteroatoms. The summed E-state index contributed by atoms with van der Waals surface area (Å²) >= 11 is 0. The molecule has 1 aliphatic rings. The first-order valence-corrected chi connectivity index (χ1v) is 7.58. The number of aryl methyl sites for hydroxylation is 1. The predicted octanol–water partition coefficient (Wildman–Crippen LogP) is 3.95. The molecule has 2 rings (SSSR count). The Labute approximate surface area is 121 Å². The van der Waals surface area contributed by atoms with E-state index >= 15 is 0 Å². The second kappa shape index (κ2) is 6.21. The summed E-state index contributed by atoms with van der Waals surface area (Å²) in [5.74, 6) is -0.231. The van der Waals surface area contributed by atoms with Crippen LogP contribution in [0.4, 0.5) is 0 Å². The predicted molar refractivity (Wildman–Crippen MR) is 79.9 cm³/mol. The SMILES string of the molecule is CCCCCC(CC)N1C(=O)c2ccc(C)cc2C1=O. The highest BCUT2D eigenvalue weighted by Gasteiger charge is 2.38. The highest BCUT2D eigenvalue weighted by Crippen LogP contribution is 2.28. The second-order valence-electron chi connectivity index (χ2n) is 5.59. The van der Waals surface area contributed by atoms with Gasteiger partial charge in [0.2, 0.25) is 0 Å². The van der Waals surface area contributed by atoms with Crippen LogP contribution >= 0.6 is 0 Å². The van der Waals surface area contributed by atoms with Gasteiger partial charge in [-0.15, -0.1) is 0 Å². The third-order valence-corrected chi connectivity index (χ3v) is 4.05. The number of hydrogen-bond acceptors (Lipinski definition) is 2. The van der Waals surface area contributed by atoms with Crippen molar-refractivity contribution in [2.75, 3.05) is 0 Å². The van der Waals surface area contributed by atoms with E-state index in [1.807, 2.05) is 26.0 Å². The van der Waals surface area contributed by atoms with Crippen molar-refractivity contribution < 1.29 is 9.59 Å². The number of unbranched alkanes of at least 4 members (excludes halogenated alkanes) is 2. The average molecular weight is 273 g/mol. The van der Waals surface area contributed by atoms with Crippen molar-refractivity contribution in [3.05, 3.63) is 34.9 Å². The molecule has 0 spiro atoms. The third kappa shape index (κ3) is 2.62. The van der Waals surface area contributed by atoms with Gasteiger partial charge in [-0.3, -0.25) is 14.5 Å². The monoisotopic (exact) mass is 273 g/mol. The normalized spacial score (nSPS) is 15.7. The number of amides is 2. The molecule has 20 heavy (non-hydrogen) atoms. The summed E-state index contributed by atoms with van der Waals surface area (Å²) in [5, 5.41) is 0. The fourth-order valence-electron chi connectivity index (χ4n) is 2.85. The Morgan fingerprint density at radius 2 is 1.75 bits per heavy atom. The minimum absolute atomic E-state index is 0.0363. The molecule has 1 heterocycles. The van der Waals surface area contributed by atoms with E-state index in [4.69, 9.17) is 0 Å². The molecule has 0 N–H and O–H groups in total. The van der Waals surface area contributed by atoms with Crippen molar-refractivity contribution in [2.24, 2.45) is 0 Å². The van der Waals surface area contributed by atoms with E-state index in [2.05, 4.69) is 6.92 Å². The lowest BCUT2D eigenvalue weighted by atomic mass is 10.0. The molecule has 1 atom stereocenters. The van der Waals surface area contributed by atoms with Crippen LogP contribution in [0.2, 0.25) is 0 Å². The lowest BCUT2D eigenvalue weighted by Gasteiger charge is -2.25.